The monoisotopic (exact) mass is 365 g/mol. The average Bonchev–Trinajstić information content (AvgIpc) is 2.64. The van der Waals surface area contributed by atoms with E-state index in [-0.39, 0.29) is 12.4 Å². The number of Topliss-reactive ketones (excluding diaryl/α,β-unsaturated/α-hetero) is 1. The predicted molar refractivity (Wildman–Crippen MR) is 105 cm³/mol. The SMILES string of the molecule is CCCCCOCc1cc(C(=O)CC)ccc1OC[C@@H](O)CNC(C)C. The summed E-state index contributed by atoms with van der Waals surface area (Å²) in [4.78, 5) is 12.0. The van der Waals surface area contributed by atoms with Crippen molar-refractivity contribution in [1.82, 2.24) is 5.32 Å². The Hall–Kier alpha value is -1.43. The molecule has 0 heterocycles. The number of aliphatic hydroxyl groups excluding tert-OH is 1. The zero-order valence-corrected chi connectivity index (χ0v) is 16.7. The number of ether oxygens (including phenoxy) is 2. The normalized spacial score (nSPS) is 12.4. The molecule has 0 saturated carbocycles. The number of aliphatic hydroxyl groups is 1. The van der Waals surface area contributed by atoms with Gasteiger partial charge in [0, 0.05) is 36.7 Å². The number of hydrogen-bond acceptors (Lipinski definition) is 5. The highest BCUT2D eigenvalue weighted by atomic mass is 16.5. The molecule has 1 aromatic carbocycles. The predicted octanol–water partition coefficient (Wildman–Crippen LogP) is 3.72. The lowest BCUT2D eigenvalue weighted by Gasteiger charge is -2.17. The van der Waals surface area contributed by atoms with E-state index in [1.807, 2.05) is 26.8 Å². The minimum Gasteiger partial charge on any atom is -0.490 e. The molecule has 1 aromatic rings. The van der Waals surface area contributed by atoms with Crippen molar-refractivity contribution in [2.45, 2.75) is 72.1 Å². The summed E-state index contributed by atoms with van der Waals surface area (Å²) in [5, 5.41) is 13.2. The van der Waals surface area contributed by atoms with Gasteiger partial charge in [-0.25, -0.2) is 0 Å². The zero-order valence-electron chi connectivity index (χ0n) is 16.7. The fourth-order valence-electron chi connectivity index (χ4n) is 2.46. The summed E-state index contributed by atoms with van der Waals surface area (Å²) in [7, 11) is 0. The van der Waals surface area contributed by atoms with E-state index < -0.39 is 6.10 Å². The van der Waals surface area contributed by atoms with E-state index >= 15 is 0 Å². The Labute approximate surface area is 158 Å². The Morgan fingerprint density at radius 2 is 2.00 bits per heavy atom. The summed E-state index contributed by atoms with van der Waals surface area (Å²) in [5.74, 6) is 0.765. The molecule has 0 aliphatic heterocycles. The van der Waals surface area contributed by atoms with Crippen LogP contribution < -0.4 is 10.1 Å². The molecule has 0 amide bonds. The van der Waals surface area contributed by atoms with Crippen LogP contribution in [0.25, 0.3) is 0 Å². The molecule has 2 N–H and O–H groups in total. The van der Waals surface area contributed by atoms with E-state index in [0.29, 0.717) is 43.5 Å². The third-order valence-electron chi connectivity index (χ3n) is 4.05. The van der Waals surface area contributed by atoms with Crippen LogP contribution in [0.4, 0.5) is 0 Å². The molecule has 0 spiro atoms. The van der Waals surface area contributed by atoms with E-state index in [1.165, 1.54) is 0 Å². The Bertz CT molecular complexity index is 531. The minimum absolute atomic E-state index is 0.102. The van der Waals surface area contributed by atoms with Crippen LogP contribution >= 0.6 is 0 Å². The topological polar surface area (TPSA) is 67.8 Å². The molecular weight excluding hydrogens is 330 g/mol. The van der Waals surface area contributed by atoms with Crippen LogP contribution in [0.5, 0.6) is 5.75 Å². The van der Waals surface area contributed by atoms with Crippen molar-refractivity contribution in [1.29, 1.82) is 0 Å². The molecular formula is C21H35NO4. The Kier molecular flexibility index (Phi) is 11.2. The molecule has 5 heteroatoms. The van der Waals surface area contributed by atoms with Gasteiger partial charge in [-0.15, -0.1) is 0 Å². The van der Waals surface area contributed by atoms with Gasteiger partial charge in [0.15, 0.2) is 5.78 Å². The second-order valence-corrected chi connectivity index (χ2v) is 6.89. The third kappa shape index (κ3) is 8.79. The molecule has 0 unspecified atom stereocenters. The quantitative estimate of drug-likeness (QED) is 0.388. The molecule has 1 rings (SSSR count). The van der Waals surface area contributed by atoms with Crippen molar-refractivity contribution in [3.05, 3.63) is 29.3 Å². The van der Waals surface area contributed by atoms with E-state index in [2.05, 4.69) is 12.2 Å². The van der Waals surface area contributed by atoms with Gasteiger partial charge in [-0.2, -0.15) is 0 Å². The first-order chi connectivity index (χ1) is 12.5. The smallest absolute Gasteiger partial charge is 0.162 e. The second kappa shape index (κ2) is 12.8. The second-order valence-electron chi connectivity index (χ2n) is 6.89. The fraction of sp³-hybridized carbons (Fsp3) is 0.667. The number of hydrogen-bond donors (Lipinski definition) is 2. The number of carbonyl (C=O) groups excluding carboxylic acids is 1. The Morgan fingerprint density at radius 3 is 2.65 bits per heavy atom. The molecule has 26 heavy (non-hydrogen) atoms. The maximum atomic E-state index is 12.0. The van der Waals surface area contributed by atoms with E-state index in [1.54, 1.807) is 12.1 Å². The fourth-order valence-corrected chi connectivity index (χ4v) is 2.46. The van der Waals surface area contributed by atoms with Gasteiger partial charge >= 0.3 is 0 Å². The van der Waals surface area contributed by atoms with Gasteiger partial charge in [0.2, 0.25) is 0 Å². The van der Waals surface area contributed by atoms with Gasteiger partial charge in [-0.05, 0) is 24.6 Å². The van der Waals surface area contributed by atoms with Crippen LogP contribution in [0.15, 0.2) is 18.2 Å². The van der Waals surface area contributed by atoms with Crippen molar-refractivity contribution in [3.8, 4) is 5.75 Å². The first-order valence-electron chi connectivity index (χ1n) is 9.76. The minimum atomic E-state index is -0.590. The first kappa shape index (κ1) is 22.6. The number of nitrogens with one attached hydrogen (secondary N) is 1. The lowest BCUT2D eigenvalue weighted by molar-refractivity contribution is 0.0952. The van der Waals surface area contributed by atoms with E-state index in [0.717, 1.165) is 24.8 Å². The zero-order chi connectivity index (χ0) is 19.4. The average molecular weight is 366 g/mol. The standard InChI is InChI=1S/C21H35NO4/c1-5-7-8-11-25-14-18-12-17(20(24)6-2)9-10-21(18)26-15-19(23)13-22-16(3)4/h9-10,12,16,19,22-23H,5-8,11,13-15H2,1-4H3/t19-/m0/s1. The molecule has 0 saturated heterocycles. The Balaban J connectivity index is 2.69. The van der Waals surface area contributed by atoms with Crippen molar-refractivity contribution < 1.29 is 19.4 Å². The number of carbonyl (C=O) groups is 1. The summed E-state index contributed by atoms with van der Waals surface area (Å²) in [5.41, 5.74) is 1.53. The lowest BCUT2D eigenvalue weighted by Crippen LogP contribution is -2.35. The van der Waals surface area contributed by atoms with Crippen molar-refractivity contribution in [2.75, 3.05) is 19.8 Å². The van der Waals surface area contributed by atoms with Crippen LogP contribution in [0, 0.1) is 0 Å². The maximum absolute atomic E-state index is 12.0. The van der Waals surface area contributed by atoms with Crippen LogP contribution in [-0.2, 0) is 11.3 Å². The van der Waals surface area contributed by atoms with Gasteiger partial charge in [0.25, 0.3) is 0 Å². The summed E-state index contributed by atoms with van der Waals surface area (Å²) in [6.45, 7) is 9.86. The van der Waals surface area contributed by atoms with Gasteiger partial charge in [0.05, 0.1) is 6.61 Å². The van der Waals surface area contributed by atoms with Crippen LogP contribution in [0.2, 0.25) is 0 Å². The van der Waals surface area contributed by atoms with Crippen molar-refractivity contribution in [3.63, 3.8) is 0 Å². The van der Waals surface area contributed by atoms with Crippen LogP contribution in [-0.4, -0.2) is 42.8 Å². The number of ketones is 1. The molecule has 0 aliphatic rings. The molecule has 1 atom stereocenters. The number of benzene rings is 1. The number of rotatable bonds is 14. The molecule has 0 fully saturated rings. The highest BCUT2D eigenvalue weighted by molar-refractivity contribution is 5.96. The Morgan fingerprint density at radius 1 is 1.23 bits per heavy atom. The molecule has 5 nitrogen and oxygen atoms in total. The van der Waals surface area contributed by atoms with E-state index in [4.69, 9.17) is 9.47 Å². The molecule has 0 bridgehead atoms. The molecule has 0 aromatic heterocycles. The molecule has 148 valence electrons. The number of unbranched alkanes of at least 4 members (excludes halogenated alkanes) is 2. The summed E-state index contributed by atoms with van der Waals surface area (Å²) >= 11 is 0. The van der Waals surface area contributed by atoms with Crippen molar-refractivity contribution in [2.24, 2.45) is 0 Å². The maximum Gasteiger partial charge on any atom is 0.162 e. The first-order valence-corrected chi connectivity index (χ1v) is 9.76. The van der Waals surface area contributed by atoms with Crippen LogP contribution in [0.1, 0.15) is 69.3 Å². The summed E-state index contributed by atoms with van der Waals surface area (Å²) in [6, 6.07) is 5.74. The lowest BCUT2D eigenvalue weighted by atomic mass is 10.1. The van der Waals surface area contributed by atoms with Crippen LogP contribution in [0.3, 0.4) is 0 Å². The van der Waals surface area contributed by atoms with Crippen molar-refractivity contribution >= 4 is 5.78 Å². The third-order valence-corrected chi connectivity index (χ3v) is 4.05. The van der Waals surface area contributed by atoms with Gasteiger partial charge < -0.3 is 19.9 Å². The van der Waals surface area contributed by atoms with Gasteiger partial charge in [-0.3, -0.25) is 4.79 Å². The molecule has 0 aliphatic carbocycles. The van der Waals surface area contributed by atoms with Gasteiger partial charge in [-0.1, -0.05) is 40.5 Å². The van der Waals surface area contributed by atoms with E-state index in [9.17, 15) is 9.90 Å². The molecule has 0 radical (unpaired) electrons. The summed E-state index contributed by atoms with van der Waals surface area (Å²) in [6.07, 6.45) is 3.21. The highest BCUT2D eigenvalue weighted by Gasteiger charge is 2.12. The highest BCUT2D eigenvalue weighted by Crippen LogP contribution is 2.22. The largest absolute Gasteiger partial charge is 0.490 e. The van der Waals surface area contributed by atoms with Gasteiger partial charge in [0.1, 0.15) is 18.5 Å². The summed E-state index contributed by atoms with van der Waals surface area (Å²) < 4.78 is 11.5.